The summed E-state index contributed by atoms with van der Waals surface area (Å²) in [5, 5.41) is 8.63. The monoisotopic (exact) mass is 463 g/mol. The molecule has 1 aromatic carbocycles. The molecule has 0 saturated carbocycles. The van der Waals surface area contributed by atoms with Gasteiger partial charge in [-0.15, -0.1) is 0 Å². The van der Waals surface area contributed by atoms with Gasteiger partial charge in [-0.1, -0.05) is 29.8 Å². The van der Waals surface area contributed by atoms with Gasteiger partial charge in [-0.05, 0) is 58.6 Å². The van der Waals surface area contributed by atoms with Gasteiger partial charge < -0.3 is 25.4 Å². The van der Waals surface area contributed by atoms with Crippen molar-refractivity contribution in [3.05, 3.63) is 35.4 Å². The molecule has 33 heavy (non-hydrogen) atoms. The van der Waals surface area contributed by atoms with Crippen LogP contribution in [0.1, 0.15) is 50.2 Å². The van der Waals surface area contributed by atoms with Gasteiger partial charge >= 0.3 is 0 Å². The molecule has 3 N–H and O–H groups in total. The lowest BCUT2D eigenvalue weighted by atomic mass is 10.1. The Kier molecular flexibility index (Phi) is 15.8. The van der Waals surface area contributed by atoms with Crippen LogP contribution in [-0.4, -0.2) is 70.2 Å². The predicted octanol–water partition coefficient (Wildman–Crippen LogP) is 1.93. The van der Waals surface area contributed by atoms with Crippen LogP contribution in [0.5, 0.6) is 0 Å². The Morgan fingerprint density at radius 2 is 1.58 bits per heavy atom. The highest BCUT2D eigenvalue weighted by atomic mass is 16.5. The zero-order chi connectivity index (χ0) is 24.3. The molecule has 0 aliphatic carbocycles. The molecule has 0 heterocycles. The standard InChI is InChI=1S/C25H41N3O5/c1-20-10-12-22(13-11-20)7-6-9-24(30)28-15-16-32-17-18-33-19-25(31)27-14-5-4-8-23(26-3)21(2)29/h10-13,23,26H,4-9,14-19H2,1-3H3,(H,27,31)(H,28,30). The van der Waals surface area contributed by atoms with Crippen molar-refractivity contribution >= 4 is 17.6 Å². The van der Waals surface area contributed by atoms with Crippen molar-refractivity contribution in [2.75, 3.05) is 46.6 Å². The molecule has 0 spiro atoms. The Bertz CT molecular complexity index is 694. The lowest BCUT2D eigenvalue weighted by Crippen LogP contribution is -2.33. The van der Waals surface area contributed by atoms with Gasteiger partial charge in [-0.2, -0.15) is 0 Å². The van der Waals surface area contributed by atoms with Crippen LogP contribution in [0.4, 0.5) is 0 Å². The molecular formula is C25H41N3O5. The lowest BCUT2D eigenvalue weighted by molar-refractivity contribution is -0.126. The molecule has 0 bridgehead atoms. The fourth-order valence-electron chi connectivity index (χ4n) is 3.25. The molecule has 0 radical (unpaired) electrons. The average Bonchev–Trinajstić information content (AvgIpc) is 2.79. The van der Waals surface area contributed by atoms with E-state index in [1.54, 1.807) is 14.0 Å². The minimum absolute atomic E-state index is 0.00628. The Hall–Kier alpha value is -2.29. The summed E-state index contributed by atoms with van der Waals surface area (Å²) in [6, 6.07) is 8.27. The summed E-state index contributed by atoms with van der Waals surface area (Å²) in [7, 11) is 1.78. The largest absolute Gasteiger partial charge is 0.377 e. The van der Waals surface area contributed by atoms with Crippen molar-refractivity contribution in [3.8, 4) is 0 Å². The number of nitrogens with one attached hydrogen (secondary N) is 3. The molecule has 8 nitrogen and oxygen atoms in total. The molecule has 0 saturated heterocycles. The molecule has 8 heteroatoms. The average molecular weight is 464 g/mol. The van der Waals surface area contributed by atoms with Crippen LogP contribution >= 0.6 is 0 Å². The van der Waals surface area contributed by atoms with Crippen LogP contribution in [0.15, 0.2) is 24.3 Å². The summed E-state index contributed by atoms with van der Waals surface area (Å²) in [5.74, 6) is -0.000501. The molecule has 186 valence electrons. The number of rotatable bonds is 19. The Balaban J connectivity index is 1.88. The van der Waals surface area contributed by atoms with Crippen LogP contribution in [0.2, 0.25) is 0 Å². The van der Waals surface area contributed by atoms with E-state index in [0.29, 0.717) is 39.3 Å². The number of hydrogen-bond acceptors (Lipinski definition) is 6. The van der Waals surface area contributed by atoms with Crippen LogP contribution < -0.4 is 16.0 Å². The first kappa shape index (κ1) is 28.7. The van der Waals surface area contributed by atoms with E-state index in [9.17, 15) is 14.4 Å². The number of amides is 2. The lowest BCUT2D eigenvalue weighted by Gasteiger charge is -2.12. The molecule has 2 amide bonds. The van der Waals surface area contributed by atoms with Gasteiger partial charge in [0.25, 0.3) is 0 Å². The SMILES string of the molecule is CNC(CCCCNC(=O)COCCOCCNC(=O)CCCc1ccc(C)cc1)C(C)=O. The first-order valence-corrected chi connectivity index (χ1v) is 11.8. The maximum atomic E-state index is 11.8. The smallest absolute Gasteiger partial charge is 0.245 e. The van der Waals surface area contributed by atoms with E-state index >= 15 is 0 Å². The Labute approximate surface area is 198 Å². The van der Waals surface area contributed by atoms with Crippen molar-refractivity contribution in [2.24, 2.45) is 0 Å². The van der Waals surface area contributed by atoms with E-state index in [-0.39, 0.29) is 30.2 Å². The Morgan fingerprint density at radius 1 is 0.879 bits per heavy atom. The number of unbranched alkanes of at least 4 members (excludes halogenated alkanes) is 1. The van der Waals surface area contributed by atoms with Crippen molar-refractivity contribution in [3.63, 3.8) is 0 Å². The van der Waals surface area contributed by atoms with Crippen molar-refractivity contribution in [1.29, 1.82) is 0 Å². The second-order valence-electron chi connectivity index (χ2n) is 8.15. The predicted molar refractivity (Wildman–Crippen MR) is 129 cm³/mol. The van der Waals surface area contributed by atoms with Gasteiger partial charge in [0.05, 0.1) is 25.9 Å². The molecular weight excluding hydrogens is 422 g/mol. The van der Waals surface area contributed by atoms with Gasteiger partial charge in [-0.3, -0.25) is 14.4 Å². The summed E-state index contributed by atoms with van der Waals surface area (Å²) in [4.78, 5) is 34.9. The summed E-state index contributed by atoms with van der Waals surface area (Å²) < 4.78 is 10.7. The van der Waals surface area contributed by atoms with Gasteiger partial charge in [0, 0.05) is 19.5 Å². The topological polar surface area (TPSA) is 106 Å². The second-order valence-corrected chi connectivity index (χ2v) is 8.15. The fourth-order valence-corrected chi connectivity index (χ4v) is 3.25. The summed E-state index contributed by atoms with van der Waals surface area (Å²) in [6.07, 6.45) is 4.66. The van der Waals surface area contributed by atoms with E-state index in [1.807, 2.05) is 0 Å². The van der Waals surface area contributed by atoms with E-state index in [1.165, 1.54) is 11.1 Å². The second kappa shape index (κ2) is 18.2. The third-order valence-corrected chi connectivity index (χ3v) is 5.24. The molecule has 1 atom stereocenters. The number of benzene rings is 1. The normalized spacial score (nSPS) is 11.7. The zero-order valence-electron chi connectivity index (χ0n) is 20.4. The third-order valence-electron chi connectivity index (χ3n) is 5.24. The highest BCUT2D eigenvalue weighted by molar-refractivity contribution is 5.81. The number of Topliss-reactive ketones (excluding diaryl/α,β-unsaturated/α-hetero) is 1. The highest BCUT2D eigenvalue weighted by Gasteiger charge is 2.10. The molecule has 0 aliphatic heterocycles. The number of aryl methyl sites for hydroxylation is 2. The van der Waals surface area contributed by atoms with Gasteiger partial charge in [-0.25, -0.2) is 0 Å². The van der Waals surface area contributed by atoms with Crippen molar-refractivity contribution in [1.82, 2.24) is 16.0 Å². The van der Waals surface area contributed by atoms with Crippen LogP contribution in [0.3, 0.4) is 0 Å². The molecule has 0 aliphatic rings. The molecule has 1 rings (SSSR count). The van der Waals surface area contributed by atoms with Crippen molar-refractivity contribution in [2.45, 2.75) is 58.4 Å². The molecule has 0 aromatic heterocycles. The zero-order valence-corrected chi connectivity index (χ0v) is 20.4. The summed E-state index contributed by atoms with van der Waals surface area (Å²) in [5.41, 5.74) is 2.49. The maximum Gasteiger partial charge on any atom is 0.245 e. The van der Waals surface area contributed by atoms with Crippen LogP contribution in [0, 0.1) is 6.92 Å². The minimum Gasteiger partial charge on any atom is -0.377 e. The number of ether oxygens (including phenoxy) is 2. The van der Waals surface area contributed by atoms with Gasteiger partial charge in [0.15, 0.2) is 0 Å². The summed E-state index contributed by atoms with van der Waals surface area (Å²) >= 11 is 0. The quantitative estimate of drug-likeness (QED) is 0.271. The van der Waals surface area contributed by atoms with E-state index < -0.39 is 0 Å². The van der Waals surface area contributed by atoms with Crippen LogP contribution in [0.25, 0.3) is 0 Å². The van der Waals surface area contributed by atoms with E-state index in [4.69, 9.17) is 9.47 Å². The van der Waals surface area contributed by atoms with Crippen molar-refractivity contribution < 1.29 is 23.9 Å². The van der Waals surface area contributed by atoms with Crippen LogP contribution in [-0.2, 0) is 30.3 Å². The molecule has 1 aromatic rings. The number of likely N-dealkylation sites (N-methyl/N-ethyl adjacent to an activating group) is 1. The first-order chi connectivity index (χ1) is 15.9. The molecule has 1 unspecified atom stereocenters. The molecule has 0 fully saturated rings. The minimum atomic E-state index is -0.162. The number of carbonyl (C=O) groups excluding carboxylic acids is 3. The maximum absolute atomic E-state index is 11.8. The van der Waals surface area contributed by atoms with Gasteiger partial charge in [0.2, 0.25) is 11.8 Å². The highest BCUT2D eigenvalue weighted by Crippen LogP contribution is 2.07. The Morgan fingerprint density at radius 3 is 2.27 bits per heavy atom. The fraction of sp³-hybridized carbons (Fsp3) is 0.640. The number of ketones is 1. The number of carbonyl (C=O) groups is 3. The first-order valence-electron chi connectivity index (χ1n) is 11.8. The third kappa shape index (κ3) is 15.2. The van der Waals surface area contributed by atoms with E-state index in [2.05, 4.69) is 47.1 Å². The number of hydrogen-bond donors (Lipinski definition) is 3. The summed E-state index contributed by atoms with van der Waals surface area (Å²) in [6.45, 7) is 5.76. The van der Waals surface area contributed by atoms with E-state index in [0.717, 1.165) is 32.1 Å². The van der Waals surface area contributed by atoms with Gasteiger partial charge in [0.1, 0.15) is 12.4 Å².